The van der Waals surface area contributed by atoms with Crippen molar-refractivity contribution in [3.8, 4) is 22.4 Å². The zero-order chi connectivity index (χ0) is 18.8. The summed E-state index contributed by atoms with van der Waals surface area (Å²) in [5.41, 5.74) is 11.0. The quantitative estimate of drug-likeness (QED) is 0.766. The molecule has 1 fully saturated rings. The summed E-state index contributed by atoms with van der Waals surface area (Å²) in [6, 6.07) is 10.8. The van der Waals surface area contributed by atoms with Crippen LogP contribution in [0.4, 0.5) is 11.5 Å². The molecule has 0 saturated carbocycles. The number of rotatable bonds is 4. The highest BCUT2D eigenvalue weighted by molar-refractivity contribution is 5.77. The number of benzene rings is 1. The lowest BCUT2D eigenvalue weighted by Crippen LogP contribution is -2.36. The van der Waals surface area contributed by atoms with Crippen LogP contribution in [0, 0.1) is 0 Å². The van der Waals surface area contributed by atoms with Crippen LogP contribution < -0.4 is 10.6 Å². The van der Waals surface area contributed by atoms with Gasteiger partial charge in [-0.05, 0) is 37.6 Å². The molecule has 4 rings (SSSR count). The molecule has 1 saturated heterocycles. The van der Waals surface area contributed by atoms with Gasteiger partial charge in [-0.15, -0.1) is 5.10 Å². The van der Waals surface area contributed by atoms with Crippen molar-refractivity contribution in [2.75, 3.05) is 36.9 Å². The lowest BCUT2D eigenvalue weighted by Gasteiger charge is -2.28. The molecule has 7 heteroatoms. The maximum absolute atomic E-state index is 6.10. The summed E-state index contributed by atoms with van der Waals surface area (Å²) in [7, 11) is 0. The van der Waals surface area contributed by atoms with Crippen molar-refractivity contribution in [3.05, 3.63) is 42.7 Å². The summed E-state index contributed by atoms with van der Waals surface area (Å²) in [4.78, 5) is 6.71. The number of aromatic nitrogens is 4. The molecule has 0 atom stereocenters. The predicted molar refractivity (Wildman–Crippen MR) is 107 cm³/mol. The molecule has 2 N–H and O–H groups in total. The second-order valence-corrected chi connectivity index (χ2v) is 6.98. The van der Waals surface area contributed by atoms with E-state index in [1.165, 1.54) is 5.69 Å². The normalized spacial score (nSPS) is 14.7. The Hall–Kier alpha value is -2.93. The number of pyridine rings is 1. The van der Waals surface area contributed by atoms with Crippen molar-refractivity contribution >= 4 is 11.5 Å². The van der Waals surface area contributed by atoms with Crippen LogP contribution in [-0.4, -0.2) is 46.3 Å². The number of nitrogen functional groups attached to an aromatic ring is 1. The highest BCUT2D eigenvalue weighted by Gasteiger charge is 2.13. The number of hydrogen-bond donors (Lipinski definition) is 1. The fourth-order valence-electron chi connectivity index (χ4n) is 3.18. The molecule has 1 aliphatic heterocycles. The van der Waals surface area contributed by atoms with E-state index in [-0.39, 0.29) is 6.04 Å². The van der Waals surface area contributed by atoms with Crippen LogP contribution in [0.3, 0.4) is 0 Å². The molecule has 1 aromatic carbocycles. The maximum Gasteiger partial charge on any atom is 0.132 e. The van der Waals surface area contributed by atoms with E-state index in [0.717, 1.165) is 48.7 Å². The van der Waals surface area contributed by atoms with Gasteiger partial charge in [-0.2, -0.15) is 0 Å². The van der Waals surface area contributed by atoms with Crippen LogP contribution in [0.25, 0.3) is 22.4 Å². The van der Waals surface area contributed by atoms with Crippen LogP contribution in [-0.2, 0) is 4.74 Å². The number of morpholine rings is 1. The Morgan fingerprint density at radius 1 is 1.07 bits per heavy atom. The van der Waals surface area contributed by atoms with Gasteiger partial charge in [0, 0.05) is 42.1 Å². The Kier molecular flexibility index (Phi) is 4.77. The van der Waals surface area contributed by atoms with Crippen molar-refractivity contribution in [1.29, 1.82) is 0 Å². The molecule has 0 spiro atoms. The summed E-state index contributed by atoms with van der Waals surface area (Å²) >= 11 is 0. The highest BCUT2D eigenvalue weighted by Crippen LogP contribution is 2.29. The molecule has 140 valence electrons. The molecule has 2 aromatic heterocycles. The van der Waals surface area contributed by atoms with Gasteiger partial charge in [-0.1, -0.05) is 17.3 Å². The third kappa shape index (κ3) is 3.64. The summed E-state index contributed by atoms with van der Waals surface area (Å²) in [5, 5.41) is 8.42. The van der Waals surface area contributed by atoms with Gasteiger partial charge in [0.25, 0.3) is 0 Å². The zero-order valence-corrected chi connectivity index (χ0v) is 15.7. The van der Waals surface area contributed by atoms with Gasteiger partial charge < -0.3 is 15.4 Å². The van der Waals surface area contributed by atoms with Gasteiger partial charge in [0.2, 0.25) is 0 Å². The SMILES string of the molecule is CC(C)n1cc(-c2cc(-c3ccc(N4CCOCC4)cc3)cnc2N)nn1. The molecule has 3 aromatic rings. The summed E-state index contributed by atoms with van der Waals surface area (Å²) in [6.07, 6.45) is 3.71. The Morgan fingerprint density at radius 2 is 1.81 bits per heavy atom. The molecule has 0 aliphatic carbocycles. The lowest BCUT2D eigenvalue weighted by molar-refractivity contribution is 0.122. The van der Waals surface area contributed by atoms with E-state index in [1.807, 2.05) is 16.9 Å². The van der Waals surface area contributed by atoms with Gasteiger partial charge in [0.05, 0.1) is 19.4 Å². The number of ether oxygens (including phenoxy) is 1. The Morgan fingerprint density at radius 3 is 2.48 bits per heavy atom. The van der Waals surface area contributed by atoms with E-state index >= 15 is 0 Å². The first kappa shape index (κ1) is 17.5. The molecule has 0 unspecified atom stereocenters. The van der Waals surface area contributed by atoms with Crippen LogP contribution in [0.5, 0.6) is 0 Å². The molecular formula is C20H24N6O. The summed E-state index contributed by atoms with van der Waals surface area (Å²) in [5.74, 6) is 0.458. The molecule has 0 amide bonds. The first-order chi connectivity index (χ1) is 13.1. The average molecular weight is 364 g/mol. The van der Waals surface area contributed by atoms with Crippen molar-refractivity contribution < 1.29 is 4.74 Å². The second kappa shape index (κ2) is 7.36. The number of hydrogen-bond acceptors (Lipinski definition) is 6. The third-order valence-electron chi connectivity index (χ3n) is 4.81. The first-order valence-electron chi connectivity index (χ1n) is 9.22. The molecule has 3 heterocycles. The smallest absolute Gasteiger partial charge is 0.132 e. The maximum atomic E-state index is 6.10. The zero-order valence-electron chi connectivity index (χ0n) is 15.7. The first-order valence-corrected chi connectivity index (χ1v) is 9.22. The molecule has 0 bridgehead atoms. The summed E-state index contributed by atoms with van der Waals surface area (Å²) < 4.78 is 7.24. The van der Waals surface area contributed by atoms with E-state index in [4.69, 9.17) is 10.5 Å². The van der Waals surface area contributed by atoms with Crippen molar-refractivity contribution in [2.24, 2.45) is 0 Å². The van der Waals surface area contributed by atoms with E-state index in [2.05, 4.69) is 58.3 Å². The van der Waals surface area contributed by atoms with Gasteiger partial charge >= 0.3 is 0 Å². The van der Waals surface area contributed by atoms with Gasteiger partial charge in [-0.25, -0.2) is 9.67 Å². The number of nitrogens with zero attached hydrogens (tertiary/aromatic N) is 5. The predicted octanol–water partition coefficient (Wildman–Crippen LogP) is 3.01. The van der Waals surface area contributed by atoms with E-state index in [0.29, 0.717) is 5.82 Å². The minimum absolute atomic E-state index is 0.247. The Bertz CT molecular complexity index is 912. The topological polar surface area (TPSA) is 82.1 Å². The summed E-state index contributed by atoms with van der Waals surface area (Å²) in [6.45, 7) is 7.55. The van der Waals surface area contributed by atoms with Gasteiger partial charge in [0.1, 0.15) is 11.5 Å². The fourth-order valence-corrected chi connectivity index (χ4v) is 3.18. The van der Waals surface area contributed by atoms with Gasteiger partial charge in [0.15, 0.2) is 0 Å². The largest absolute Gasteiger partial charge is 0.383 e. The third-order valence-corrected chi connectivity index (χ3v) is 4.81. The van der Waals surface area contributed by atoms with Crippen molar-refractivity contribution in [3.63, 3.8) is 0 Å². The molecule has 1 aliphatic rings. The van der Waals surface area contributed by atoms with Crippen LogP contribution in [0.2, 0.25) is 0 Å². The fraction of sp³-hybridized carbons (Fsp3) is 0.350. The van der Waals surface area contributed by atoms with E-state index < -0.39 is 0 Å². The van der Waals surface area contributed by atoms with Crippen LogP contribution in [0.1, 0.15) is 19.9 Å². The van der Waals surface area contributed by atoms with E-state index in [1.54, 1.807) is 6.20 Å². The van der Waals surface area contributed by atoms with Crippen molar-refractivity contribution in [1.82, 2.24) is 20.0 Å². The molecule has 7 nitrogen and oxygen atoms in total. The Balaban J connectivity index is 1.62. The van der Waals surface area contributed by atoms with Crippen LogP contribution >= 0.6 is 0 Å². The van der Waals surface area contributed by atoms with Crippen LogP contribution in [0.15, 0.2) is 42.7 Å². The number of anilines is 2. The lowest BCUT2D eigenvalue weighted by atomic mass is 10.0. The second-order valence-electron chi connectivity index (χ2n) is 6.98. The molecule has 27 heavy (non-hydrogen) atoms. The standard InChI is InChI=1S/C20H24N6O/c1-14(2)26-13-19(23-24-26)18-11-16(12-22-20(18)21)15-3-5-17(6-4-15)25-7-9-27-10-8-25/h3-6,11-14H,7-10H2,1-2H3,(H2,21,22). The highest BCUT2D eigenvalue weighted by atomic mass is 16.5. The minimum atomic E-state index is 0.247. The average Bonchev–Trinajstić information content (AvgIpc) is 3.20. The van der Waals surface area contributed by atoms with Crippen molar-refractivity contribution in [2.45, 2.75) is 19.9 Å². The van der Waals surface area contributed by atoms with Gasteiger partial charge in [-0.3, -0.25) is 0 Å². The monoisotopic (exact) mass is 364 g/mol. The Labute approximate surface area is 158 Å². The minimum Gasteiger partial charge on any atom is -0.383 e. The number of nitrogens with two attached hydrogens (primary N) is 1. The molecule has 0 radical (unpaired) electrons. The molecular weight excluding hydrogens is 340 g/mol. The van der Waals surface area contributed by atoms with E-state index in [9.17, 15) is 0 Å².